The maximum atomic E-state index is 13.5. The summed E-state index contributed by atoms with van der Waals surface area (Å²) < 4.78 is 5.98. The monoisotopic (exact) mass is 420 g/mol. The molecule has 1 aromatic rings. The average molecular weight is 421 g/mol. The van der Waals surface area contributed by atoms with Gasteiger partial charge in [0.25, 0.3) is 0 Å². The van der Waals surface area contributed by atoms with Crippen molar-refractivity contribution in [1.29, 1.82) is 0 Å². The van der Waals surface area contributed by atoms with Gasteiger partial charge in [-0.05, 0) is 30.5 Å². The summed E-state index contributed by atoms with van der Waals surface area (Å²) in [6, 6.07) is 8.04. The molecule has 0 amide bonds. The molecule has 0 radical (unpaired) electrons. The van der Waals surface area contributed by atoms with Crippen LogP contribution < -0.4 is 17.7 Å². The number of likely N-dealkylation sites (N-methyl/N-ethyl adjacent to an activating group) is 1. The number of halogens is 1. The number of aliphatic hydroxyl groups is 2. The fraction of sp³-hybridized carbons (Fsp3) is 0.591. The van der Waals surface area contributed by atoms with Crippen LogP contribution in [0.4, 0.5) is 5.69 Å². The van der Waals surface area contributed by atoms with E-state index in [9.17, 15) is 15.0 Å². The van der Waals surface area contributed by atoms with Crippen LogP contribution in [0.1, 0.15) is 25.3 Å². The van der Waals surface area contributed by atoms with E-state index in [1.165, 1.54) is 7.11 Å². The zero-order valence-corrected chi connectivity index (χ0v) is 17.9. The van der Waals surface area contributed by atoms with Gasteiger partial charge in [0, 0.05) is 18.0 Å². The minimum absolute atomic E-state index is 0. The van der Waals surface area contributed by atoms with Crippen LogP contribution in [0.2, 0.25) is 0 Å². The summed E-state index contributed by atoms with van der Waals surface area (Å²) in [6.45, 7) is 3.26. The molecule has 3 N–H and O–H groups in total. The molecule has 6 atom stereocenters. The van der Waals surface area contributed by atoms with E-state index in [4.69, 9.17) is 4.74 Å². The minimum atomic E-state index is -1.13. The number of methoxy groups -OCH3 is 1. The first kappa shape index (κ1) is 20.7. The number of aliphatic hydroxyl groups excluding tert-OH is 2. The summed E-state index contributed by atoms with van der Waals surface area (Å²) in [4.78, 5) is 13.5. The van der Waals surface area contributed by atoms with Crippen LogP contribution in [0.25, 0.3) is 0 Å². The highest BCUT2D eigenvalue weighted by molar-refractivity contribution is 5.85. The van der Waals surface area contributed by atoms with Crippen LogP contribution in [0.15, 0.2) is 35.9 Å². The Bertz CT molecular complexity index is 907. The highest BCUT2D eigenvalue weighted by Gasteiger charge is 2.88. The molecule has 4 aliphatic heterocycles. The van der Waals surface area contributed by atoms with Crippen LogP contribution in [0, 0.1) is 11.3 Å². The molecule has 4 bridgehead atoms. The number of hydrogen-bond acceptors (Lipinski definition) is 5. The normalized spacial score (nSPS) is 45.1. The quantitative estimate of drug-likeness (QED) is 0.305. The number of quaternary nitrogens is 1. The molecule has 6 nitrogen and oxygen atoms in total. The van der Waals surface area contributed by atoms with Crippen molar-refractivity contribution in [2.45, 2.75) is 36.9 Å². The fourth-order valence-corrected chi connectivity index (χ4v) is 7.70. The van der Waals surface area contributed by atoms with Gasteiger partial charge in [-0.1, -0.05) is 24.3 Å². The number of para-hydroxylation sites is 1. The van der Waals surface area contributed by atoms with Crippen molar-refractivity contribution in [2.24, 2.45) is 11.3 Å². The lowest BCUT2D eigenvalue weighted by Gasteiger charge is -2.58. The topological polar surface area (TPSA) is 78.8 Å². The number of nitrogens with one attached hydrogen (secondary N) is 1. The summed E-state index contributed by atoms with van der Waals surface area (Å²) in [7, 11) is 3.59. The Morgan fingerprint density at radius 2 is 2.14 bits per heavy atom. The number of carbonyl (C=O) groups excluding carboxylic acids is 1. The summed E-state index contributed by atoms with van der Waals surface area (Å²) in [5, 5.41) is 26.2. The van der Waals surface area contributed by atoms with E-state index in [2.05, 4.69) is 24.5 Å². The Hall–Kier alpha value is -1.60. The summed E-state index contributed by atoms with van der Waals surface area (Å²) in [5.41, 5.74) is 0.476. The first-order valence-electron chi connectivity index (χ1n) is 10.1. The third-order valence-electron chi connectivity index (χ3n) is 8.64. The molecule has 3 saturated heterocycles. The van der Waals surface area contributed by atoms with Gasteiger partial charge in [0.1, 0.15) is 18.1 Å². The largest absolute Gasteiger partial charge is 1.00 e. The van der Waals surface area contributed by atoms with Gasteiger partial charge in [-0.3, -0.25) is 9.28 Å². The lowest BCUT2D eigenvalue weighted by molar-refractivity contribution is -0.944. The molecular weight excluding hydrogens is 392 g/mol. The number of ether oxygens (including phenoxy) is 1. The van der Waals surface area contributed by atoms with E-state index in [-0.39, 0.29) is 30.9 Å². The number of rotatable bonds is 2. The van der Waals surface area contributed by atoms with Crippen molar-refractivity contribution in [3.05, 3.63) is 41.5 Å². The third-order valence-corrected chi connectivity index (χ3v) is 8.64. The number of fused-ring (bicyclic) bond motifs is 3. The van der Waals surface area contributed by atoms with E-state index in [1.807, 2.05) is 25.1 Å². The van der Waals surface area contributed by atoms with Crippen molar-refractivity contribution in [2.75, 3.05) is 39.2 Å². The molecule has 4 fully saturated rings. The smallest absolute Gasteiger partial charge is 0.316 e. The Balaban J connectivity index is 0.00000205. The molecule has 7 heteroatoms. The van der Waals surface area contributed by atoms with Crippen molar-refractivity contribution in [1.82, 2.24) is 0 Å². The second-order valence-electron chi connectivity index (χ2n) is 9.16. The van der Waals surface area contributed by atoms with Gasteiger partial charge in [-0.2, -0.15) is 0 Å². The zero-order valence-electron chi connectivity index (χ0n) is 17.1. The van der Waals surface area contributed by atoms with Gasteiger partial charge < -0.3 is 32.7 Å². The summed E-state index contributed by atoms with van der Waals surface area (Å²) in [5.74, 6) is -0.629. The molecule has 4 heterocycles. The molecule has 6 rings (SSSR count). The van der Waals surface area contributed by atoms with Gasteiger partial charge in [0.2, 0.25) is 5.66 Å². The zero-order chi connectivity index (χ0) is 19.9. The number of nitrogens with zero attached hydrogens (tertiary/aromatic N) is 1. The van der Waals surface area contributed by atoms with Crippen LogP contribution in [-0.2, 0) is 14.9 Å². The lowest BCUT2D eigenvalue weighted by Crippen LogP contribution is -3.00. The first-order valence-corrected chi connectivity index (χ1v) is 10.1. The third kappa shape index (κ3) is 1.84. The molecule has 158 valence electrons. The maximum Gasteiger partial charge on any atom is 0.316 e. The number of esters is 1. The van der Waals surface area contributed by atoms with E-state index in [0.29, 0.717) is 17.3 Å². The molecule has 0 aromatic heterocycles. The predicted octanol–water partition coefficient (Wildman–Crippen LogP) is -1.61. The molecule has 1 aliphatic carbocycles. The number of carbonyl (C=O) groups is 1. The highest BCUT2D eigenvalue weighted by atomic mass is 35.5. The first-order chi connectivity index (χ1) is 13.4. The van der Waals surface area contributed by atoms with Gasteiger partial charge in [-0.15, -0.1) is 0 Å². The van der Waals surface area contributed by atoms with Crippen LogP contribution >= 0.6 is 0 Å². The second kappa shape index (κ2) is 6.20. The van der Waals surface area contributed by atoms with Crippen molar-refractivity contribution < 1.29 is 36.6 Å². The standard InChI is InChI=1S/C22H29N2O4.ClH/c1-4-14-12-24(2)10-9-21-15-7-5-6-8-17(15)23-22(21,24)18(26)11-16(14)20(21,13-25)19(27)28-3;/h4-8,16,18,23,25-26H,9-13H2,1-3H3;1H/q+1;/p-1. The van der Waals surface area contributed by atoms with E-state index in [1.54, 1.807) is 0 Å². The maximum absolute atomic E-state index is 13.5. The Labute approximate surface area is 177 Å². The van der Waals surface area contributed by atoms with Crippen LogP contribution in [-0.4, -0.2) is 66.3 Å². The molecule has 29 heavy (non-hydrogen) atoms. The summed E-state index contributed by atoms with van der Waals surface area (Å²) in [6.07, 6.45) is 2.59. The Morgan fingerprint density at radius 1 is 1.41 bits per heavy atom. The van der Waals surface area contributed by atoms with Crippen molar-refractivity contribution in [3.63, 3.8) is 0 Å². The van der Waals surface area contributed by atoms with Crippen molar-refractivity contribution in [3.8, 4) is 0 Å². The fourth-order valence-electron chi connectivity index (χ4n) is 7.70. The molecule has 1 spiro atoms. The Morgan fingerprint density at radius 3 is 2.79 bits per heavy atom. The lowest BCUT2D eigenvalue weighted by atomic mass is 9.45. The van der Waals surface area contributed by atoms with Gasteiger partial charge >= 0.3 is 5.97 Å². The molecule has 5 aliphatic rings. The van der Waals surface area contributed by atoms with Crippen molar-refractivity contribution >= 4 is 11.7 Å². The predicted molar refractivity (Wildman–Crippen MR) is 104 cm³/mol. The van der Waals surface area contributed by atoms with E-state index < -0.39 is 22.6 Å². The molecular formula is C22H29ClN2O4. The molecule has 1 saturated carbocycles. The van der Waals surface area contributed by atoms with Gasteiger partial charge in [-0.25, -0.2) is 0 Å². The van der Waals surface area contributed by atoms with Gasteiger partial charge in [0.15, 0.2) is 0 Å². The number of allylic oxidation sites excluding steroid dienone is 1. The number of hydrogen-bond donors (Lipinski definition) is 3. The van der Waals surface area contributed by atoms with Crippen LogP contribution in [0.3, 0.4) is 0 Å². The number of anilines is 1. The van der Waals surface area contributed by atoms with Gasteiger partial charge in [0.05, 0.1) is 32.7 Å². The van der Waals surface area contributed by atoms with E-state index >= 15 is 0 Å². The average Bonchev–Trinajstić information content (AvgIpc) is 3.12. The highest BCUT2D eigenvalue weighted by Crippen LogP contribution is 2.74. The summed E-state index contributed by atoms with van der Waals surface area (Å²) >= 11 is 0. The molecule has 6 unspecified atom stereocenters. The Kier molecular flexibility index (Phi) is 4.42. The van der Waals surface area contributed by atoms with Crippen LogP contribution in [0.5, 0.6) is 0 Å². The minimum Gasteiger partial charge on any atom is -1.00 e. The van der Waals surface area contributed by atoms with E-state index in [0.717, 1.165) is 29.9 Å². The molecule has 1 aromatic carbocycles. The number of benzene rings is 1. The second-order valence-corrected chi connectivity index (χ2v) is 9.16. The SMILES string of the molecule is CC=C1C[N+]2(C)CCC34c5ccccc5NC32C(O)CC1C4(CO)C(=O)OC.[Cl-].